The van der Waals surface area contributed by atoms with Gasteiger partial charge in [-0.25, -0.2) is 0 Å². The van der Waals surface area contributed by atoms with Crippen LogP contribution in [0.2, 0.25) is 0 Å². The van der Waals surface area contributed by atoms with Crippen LogP contribution in [0.1, 0.15) is 33.1 Å². The molecule has 0 saturated carbocycles. The molecule has 0 atom stereocenters. The lowest BCUT2D eigenvalue weighted by Crippen LogP contribution is -2.38. The zero-order chi connectivity index (χ0) is 12.7. The summed E-state index contributed by atoms with van der Waals surface area (Å²) in [5, 5.41) is 2.79. The van der Waals surface area contributed by atoms with Crippen LogP contribution in [0.4, 0.5) is 0 Å². The number of nitrogens with one attached hydrogen (secondary N) is 1. The van der Waals surface area contributed by atoms with Gasteiger partial charge in [-0.15, -0.1) is 0 Å². The van der Waals surface area contributed by atoms with E-state index in [9.17, 15) is 9.59 Å². The van der Waals surface area contributed by atoms with Gasteiger partial charge in [0.1, 0.15) is 0 Å². The van der Waals surface area contributed by atoms with E-state index in [-0.39, 0.29) is 24.5 Å². The molecular weight excluding hydrogens is 220 g/mol. The zero-order valence-corrected chi connectivity index (χ0v) is 10.7. The average molecular weight is 242 g/mol. The van der Waals surface area contributed by atoms with Gasteiger partial charge in [-0.05, 0) is 26.7 Å². The van der Waals surface area contributed by atoms with E-state index in [2.05, 4.69) is 5.32 Å². The number of hydrogen-bond donors (Lipinski definition) is 1. The Morgan fingerprint density at radius 2 is 2.29 bits per heavy atom. The summed E-state index contributed by atoms with van der Waals surface area (Å²) in [5.41, 5.74) is 0. The Morgan fingerprint density at radius 1 is 1.53 bits per heavy atom. The largest absolute Gasteiger partial charge is 0.379 e. The highest BCUT2D eigenvalue weighted by Crippen LogP contribution is 2.08. The monoisotopic (exact) mass is 242 g/mol. The van der Waals surface area contributed by atoms with Crippen molar-refractivity contribution in [3.8, 4) is 0 Å². The van der Waals surface area contributed by atoms with E-state index in [4.69, 9.17) is 4.74 Å². The molecule has 17 heavy (non-hydrogen) atoms. The molecule has 1 aliphatic rings. The van der Waals surface area contributed by atoms with Crippen molar-refractivity contribution >= 4 is 11.8 Å². The summed E-state index contributed by atoms with van der Waals surface area (Å²) in [4.78, 5) is 24.4. The van der Waals surface area contributed by atoms with Gasteiger partial charge in [0.25, 0.3) is 0 Å². The molecule has 0 aliphatic carbocycles. The van der Waals surface area contributed by atoms with Crippen LogP contribution in [0, 0.1) is 0 Å². The predicted molar refractivity (Wildman–Crippen MR) is 64.5 cm³/mol. The number of ether oxygens (including phenoxy) is 1. The number of amides is 2. The van der Waals surface area contributed by atoms with Gasteiger partial charge < -0.3 is 15.0 Å². The van der Waals surface area contributed by atoms with Gasteiger partial charge in [0.15, 0.2) is 0 Å². The molecule has 0 radical (unpaired) electrons. The molecule has 1 heterocycles. The molecule has 98 valence electrons. The first-order chi connectivity index (χ1) is 8.09. The number of likely N-dealkylation sites (tertiary alicyclic amines) is 1. The molecule has 1 saturated heterocycles. The molecule has 1 aliphatic heterocycles. The zero-order valence-electron chi connectivity index (χ0n) is 10.7. The minimum absolute atomic E-state index is 0.0789. The first-order valence-corrected chi connectivity index (χ1v) is 6.25. The quantitative estimate of drug-likeness (QED) is 0.663. The third kappa shape index (κ3) is 5.68. The van der Waals surface area contributed by atoms with Gasteiger partial charge in [-0.3, -0.25) is 9.59 Å². The standard InChI is InChI=1S/C12H22N2O3/c1-10(2)17-8-4-6-13-11(15)9-14-7-3-5-12(14)16/h10H,3-9H2,1-2H3,(H,13,15). The van der Waals surface area contributed by atoms with Crippen molar-refractivity contribution in [2.75, 3.05) is 26.2 Å². The van der Waals surface area contributed by atoms with Crippen molar-refractivity contribution in [1.82, 2.24) is 10.2 Å². The van der Waals surface area contributed by atoms with Crippen LogP contribution in [0.25, 0.3) is 0 Å². The molecule has 1 rings (SSSR count). The van der Waals surface area contributed by atoms with Gasteiger partial charge in [0, 0.05) is 26.1 Å². The SMILES string of the molecule is CC(C)OCCCNC(=O)CN1CCCC1=O. The molecule has 5 heteroatoms. The maximum absolute atomic E-state index is 11.5. The lowest BCUT2D eigenvalue weighted by molar-refractivity contribution is -0.133. The molecule has 0 aromatic heterocycles. The number of carbonyl (C=O) groups excluding carboxylic acids is 2. The first-order valence-electron chi connectivity index (χ1n) is 6.25. The summed E-state index contributed by atoms with van der Waals surface area (Å²) >= 11 is 0. The van der Waals surface area contributed by atoms with E-state index in [1.54, 1.807) is 4.90 Å². The number of hydrogen-bond acceptors (Lipinski definition) is 3. The van der Waals surface area contributed by atoms with Crippen LogP contribution in [0.5, 0.6) is 0 Å². The van der Waals surface area contributed by atoms with Crippen LogP contribution in [0.3, 0.4) is 0 Å². The summed E-state index contributed by atoms with van der Waals surface area (Å²) in [6.07, 6.45) is 2.48. The fourth-order valence-electron chi connectivity index (χ4n) is 1.72. The average Bonchev–Trinajstić information content (AvgIpc) is 2.63. The summed E-state index contributed by atoms with van der Waals surface area (Å²) < 4.78 is 5.36. The third-order valence-electron chi connectivity index (χ3n) is 2.60. The predicted octanol–water partition coefficient (Wildman–Crippen LogP) is 0.540. The minimum Gasteiger partial charge on any atom is -0.379 e. The Kier molecular flexibility index (Phi) is 5.97. The second-order valence-corrected chi connectivity index (χ2v) is 4.54. The smallest absolute Gasteiger partial charge is 0.239 e. The second-order valence-electron chi connectivity index (χ2n) is 4.54. The molecule has 0 spiro atoms. The van der Waals surface area contributed by atoms with Crippen molar-refractivity contribution in [1.29, 1.82) is 0 Å². The Bertz CT molecular complexity index is 266. The fraction of sp³-hybridized carbons (Fsp3) is 0.833. The summed E-state index contributed by atoms with van der Waals surface area (Å²) in [5.74, 6) is 0.00749. The Morgan fingerprint density at radius 3 is 2.88 bits per heavy atom. The Labute approximate surface area is 102 Å². The van der Waals surface area contributed by atoms with Gasteiger partial charge in [-0.2, -0.15) is 0 Å². The van der Waals surface area contributed by atoms with Gasteiger partial charge >= 0.3 is 0 Å². The van der Waals surface area contributed by atoms with Gasteiger partial charge in [0.05, 0.1) is 12.6 Å². The number of carbonyl (C=O) groups is 2. The molecule has 0 aromatic carbocycles. The van der Waals surface area contributed by atoms with E-state index < -0.39 is 0 Å². The maximum atomic E-state index is 11.5. The van der Waals surface area contributed by atoms with Crippen LogP contribution in [-0.2, 0) is 14.3 Å². The van der Waals surface area contributed by atoms with E-state index in [1.165, 1.54) is 0 Å². The van der Waals surface area contributed by atoms with Crippen LogP contribution in [-0.4, -0.2) is 49.1 Å². The molecule has 1 fully saturated rings. The van der Waals surface area contributed by atoms with Crippen LogP contribution >= 0.6 is 0 Å². The van der Waals surface area contributed by atoms with Crippen molar-refractivity contribution in [3.63, 3.8) is 0 Å². The van der Waals surface area contributed by atoms with E-state index >= 15 is 0 Å². The number of rotatable bonds is 7. The van der Waals surface area contributed by atoms with Gasteiger partial charge in [0.2, 0.25) is 11.8 Å². The molecule has 0 unspecified atom stereocenters. The Balaban J connectivity index is 2.03. The number of nitrogens with zero attached hydrogens (tertiary/aromatic N) is 1. The maximum Gasteiger partial charge on any atom is 0.239 e. The molecule has 1 N–H and O–H groups in total. The summed E-state index contributed by atoms with van der Waals surface area (Å²) in [7, 11) is 0. The van der Waals surface area contributed by atoms with Crippen molar-refractivity contribution in [2.45, 2.75) is 39.2 Å². The van der Waals surface area contributed by atoms with Crippen molar-refractivity contribution in [3.05, 3.63) is 0 Å². The molecular formula is C12H22N2O3. The summed E-state index contributed by atoms with van der Waals surface area (Å²) in [6, 6.07) is 0. The third-order valence-corrected chi connectivity index (χ3v) is 2.60. The van der Waals surface area contributed by atoms with Crippen molar-refractivity contribution < 1.29 is 14.3 Å². The van der Waals surface area contributed by atoms with Crippen LogP contribution in [0.15, 0.2) is 0 Å². The highest BCUT2D eigenvalue weighted by molar-refractivity contribution is 5.85. The highest BCUT2D eigenvalue weighted by atomic mass is 16.5. The molecule has 0 bridgehead atoms. The van der Waals surface area contributed by atoms with E-state index in [0.29, 0.717) is 26.1 Å². The first kappa shape index (κ1) is 14.0. The Hall–Kier alpha value is -1.10. The van der Waals surface area contributed by atoms with Crippen LogP contribution < -0.4 is 5.32 Å². The van der Waals surface area contributed by atoms with Gasteiger partial charge in [-0.1, -0.05) is 0 Å². The lowest BCUT2D eigenvalue weighted by atomic mass is 10.4. The normalized spacial score (nSPS) is 15.7. The minimum atomic E-state index is -0.0789. The topological polar surface area (TPSA) is 58.6 Å². The highest BCUT2D eigenvalue weighted by Gasteiger charge is 2.21. The molecule has 5 nitrogen and oxygen atoms in total. The fourth-order valence-corrected chi connectivity index (χ4v) is 1.72. The molecule has 2 amide bonds. The molecule has 0 aromatic rings. The second kappa shape index (κ2) is 7.27. The van der Waals surface area contributed by atoms with E-state index in [1.807, 2.05) is 13.8 Å². The van der Waals surface area contributed by atoms with Crippen molar-refractivity contribution in [2.24, 2.45) is 0 Å². The summed E-state index contributed by atoms with van der Waals surface area (Å²) in [6.45, 7) is 6.13. The lowest BCUT2D eigenvalue weighted by Gasteiger charge is -2.15. The van der Waals surface area contributed by atoms with E-state index in [0.717, 1.165) is 12.8 Å².